The lowest BCUT2D eigenvalue weighted by Crippen LogP contribution is -2.27. The Morgan fingerprint density at radius 3 is 2.90 bits per heavy atom. The van der Waals surface area contributed by atoms with Gasteiger partial charge in [0.1, 0.15) is 5.58 Å². The second-order valence-corrected chi connectivity index (χ2v) is 5.74. The molecular formula is C16H13NO3S. The van der Waals surface area contributed by atoms with Gasteiger partial charge < -0.3 is 9.62 Å². The minimum atomic E-state index is -0.369. The van der Waals surface area contributed by atoms with Crippen LogP contribution in [-0.2, 0) is 5.75 Å². The molecule has 0 N–H and O–H groups in total. The number of benzene rings is 1. The Labute approximate surface area is 125 Å². The normalized spacial score (nSPS) is 10.9. The van der Waals surface area contributed by atoms with Crippen LogP contribution in [0.4, 0.5) is 0 Å². The molecule has 2 aromatic heterocycles. The first-order valence-electron chi connectivity index (χ1n) is 6.48. The summed E-state index contributed by atoms with van der Waals surface area (Å²) in [5, 5.41) is 13.1. The molecule has 1 aromatic carbocycles. The third-order valence-corrected chi connectivity index (χ3v) is 4.22. The third-order valence-electron chi connectivity index (χ3n) is 3.15. The Bertz CT molecular complexity index is 858. The number of thioether (sulfide) groups is 1. The second-order valence-electron chi connectivity index (χ2n) is 4.74. The zero-order chi connectivity index (χ0) is 14.8. The number of pyridine rings is 1. The first-order chi connectivity index (χ1) is 10.1. The molecular weight excluding hydrogens is 286 g/mol. The van der Waals surface area contributed by atoms with Crippen LogP contribution in [0, 0.1) is 12.1 Å². The number of hydrogen-bond acceptors (Lipinski definition) is 4. The van der Waals surface area contributed by atoms with Crippen LogP contribution in [0.25, 0.3) is 11.0 Å². The van der Waals surface area contributed by atoms with Crippen molar-refractivity contribution in [2.24, 2.45) is 0 Å². The highest BCUT2D eigenvalue weighted by molar-refractivity contribution is 7.98. The van der Waals surface area contributed by atoms with E-state index in [0.717, 1.165) is 21.2 Å². The van der Waals surface area contributed by atoms with E-state index in [1.807, 2.05) is 31.2 Å². The molecule has 0 spiro atoms. The van der Waals surface area contributed by atoms with Gasteiger partial charge in [0.25, 0.3) is 5.03 Å². The van der Waals surface area contributed by atoms with Gasteiger partial charge in [0, 0.05) is 29.3 Å². The minimum Gasteiger partial charge on any atom is -0.618 e. The molecule has 0 aliphatic rings. The van der Waals surface area contributed by atoms with Gasteiger partial charge in [0.15, 0.2) is 6.20 Å². The van der Waals surface area contributed by atoms with Crippen LogP contribution in [0.15, 0.2) is 62.9 Å². The fourth-order valence-corrected chi connectivity index (χ4v) is 3.04. The molecule has 0 aliphatic heterocycles. The first-order valence-corrected chi connectivity index (χ1v) is 7.46. The quantitative estimate of drug-likeness (QED) is 0.323. The molecule has 0 fully saturated rings. The van der Waals surface area contributed by atoms with Crippen LogP contribution in [-0.4, -0.2) is 0 Å². The van der Waals surface area contributed by atoms with E-state index < -0.39 is 0 Å². The predicted molar refractivity (Wildman–Crippen MR) is 82.2 cm³/mol. The number of fused-ring (bicyclic) bond motifs is 1. The highest BCUT2D eigenvalue weighted by Gasteiger charge is 2.09. The van der Waals surface area contributed by atoms with Crippen LogP contribution in [0.1, 0.15) is 11.1 Å². The Hall–Kier alpha value is -2.27. The lowest BCUT2D eigenvalue weighted by Gasteiger charge is -2.06. The first kappa shape index (κ1) is 13.7. The summed E-state index contributed by atoms with van der Waals surface area (Å²) >= 11 is 1.40. The molecule has 106 valence electrons. The number of hydrogen-bond donors (Lipinski definition) is 0. The lowest BCUT2D eigenvalue weighted by atomic mass is 10.1. The molecule has 0 saturated carbocycles. The maximum Gasteiger partial charge on any atom is 0.336 e. The molecule has 5 heteroatoms. The lowest BCUT2D eigenvalue weighted by molar-refractivity contribution is -0.645. The van der Waals surface area contributed by atoms with Crippen molar-refractivity contribution >= 4 is 22.7 Å². The van der Waals surface area contributed by atoms with E-state index in [9.17, 15) is 10.0 Å². The molecule has 0 amide bonds. The van der Waals surface area contributed by atoms with E-state index in [0.29, 0.717) is 16.4 Å². The van der Waals surface area contributed by atoms with Gasteiger partial charge in [-0.3, -0.25) is 0 Å². The van der Waals surface area contributed by atoms with Gasteiger partial charge >= 0.3 is 5.63 Å². The van der Waals surface area contributed by atoms with Crippen LogP contribution in [0.3, 0.4) is 0 Å². The predicted octanol–water partition coefficient (Wildman–Crippen LogP) is 3.03. The van der Waals surface area contributed by atoms with E-state index in [4.69, 9.17) is 4.42 Å². The largest absolute Gasteiger partial charge is 0.618 e. The van der Waals surface area contributed by atoms with Gasteiger partial charge in [-0.2, -0.15) is 4.73 Å². The Morgan fingerprint density at radius 2 is 2.10 bits per heavy atom. The van der Waals surface area contributed by atoms with Gasteiger partial charge in [-0.05, 0) is 30.2 Å². The molecule has 2 heterocycles. The summed E-state index contributed by atoms with van der Waals surface area (Å²) in [6, 6.07) is 12.5. The molecule has 0 unspecified atom stereocenters. The topological polar surface area (TPSA) is 57.1 Å². The zero-order valence-electron chi connectivity index (χ0n) is 11.4. The summed E-state index contributed by atoms with van der Waals surface area (Å²) in [6.45, 7) is 1.95. The van der Waals surface area contributed by atoms with Crippen molar-refractivity contribution in [3.63, 3.8) is 0 Å². The molecule has 0 atom stereocenters. The van der Waals surface area contributed by atoms with Gasteiger partial charge in [0.05, 0.1) is 0 Å². The summed E-state index contributed by atoms with van der Waals surface area (Å²) in [5.74, 6) is 0.539. The summed E-state index contributed by atoms with van der Waals surface area (Å²) in [7, 11) is 0. The Balaban J connectivity index is 1.97. The Kier molecular flexibility index (Phi) is 3.66. The van der Waals surface area contributed by atoms with Crippen molar-refractivity contribution in [2.45, 2.75) is 17.7 Å². The van der Waals surface area contributed by atoms with E-state index >= 15 is 0 Å². The number of aryl methyl sites for hydroxylation is 1. The van der Waals surface area contributed by atoms with Crippen molar-refractivity contribution in [3.05, 3.63) is 75.4 Å². The molecule has 21 heavy (non-hydrogen) atoms. The average Bonchev–Trinajstić information content (AvgIpc) is 2.45. The summed E-state index contributed by atoms with van der Waals surface area (Å²) < 4.78 is 6.05. The van der Waals surface area contributed by atoms with E-state index in [1.54, 1.807) is 12.1 Å². The van der Waals surface area contributed by atoms with Gasteiger partial charge in [-0.1, -0.05) is 23.9 Å². The maximum atomic E-state index is 11.7. The van der Waals surface area contributed by atoms with Crippen LogP contribution in [0.5, 0.6) is 0 Å². The maximum absolute atomic E-state index is 11.7. The SMILES string of the molecule is Cc1ccc2c(CSc3cccc[n+]3[O-])cc(=O)oc2c1. The zero-order valence-corrected chi connectivity index (χ0v) is 12.2. The number of rotatable bonds is 3. The van der Waals surface area contributed by atoms with E-state index in [1.165, 1.54) is 24.0 Å². The molecule has 4 nitrogen and oxygen atoms in total. The fourth-order valence-electron chi connectivity index (χ4n) is 2.13. The highest BCUT2D eigenvalue weighted by atomic mass is 32.2. The summed E-state index contributed by atoms with van der Waals surface area (Å²) in [5.41, 5.74) is 2.12. The number of nitrogens with zero attached hydrogens (tertiary/aromatic N) is 1. The molecule has 0 bridgehead atoms. The number of aromatic nitrogens is 1. The van der Waals surface area contributed by atoms with Crippen LogP contribution in [0.2, 0.25) is 0 Å². The third kappa shape index (κ3) is 2.92. The molecule has 0 saturated heterocycles. The van der Waals surface area contributed by atoms with Crippen molar-refractivity contribution in [1.82, 2.24) is 0 Å². The smallest absolute Gasteiger partial charge is 0.336 e. The van der Waals surface area contributed by atoms with Crippen molar-refractivity contribution in [2.75, 3.05) is 0 Å². The van der Waals surface area contributed by atoms with Crippen LogP contribution >= 0.6 is 11.8 Å². The van der Waals surface area contributed by atoms with Gasteiger partial charge in [0.2, 0.25) is 0 Å². The fraction of sp³-hybridized carbons (Fsp3) is 0.125. The Morgan fingerprint density at radius 1 is 1.24 bits per heavy atom. The molecule has 3 rings (SSSR count). The molecule has 0 radical (unpaired) electrons. The monoisotopic (exact) mass is 299 g/mol. The van der Waals surface area contributed by atoms with Crippen molar-refractivity contribution in [1.29, 1.82) is 0 Å². The summed E-state index contributed by atoms with van der Waals surface area (Å²) in [4.78, 5) is 11.7. The van der Waals surface area contributed by atoms with E-state index in [2.05, 4.69) is 0 Å². The molecule has 0 aliphatic carbocycles. The average molecular weight is 299 g/mol. The van der Waals surface area contributed by atoms with Gasteiger partial charge in [-0.15, -0.1) is 0 Å². The standard InChI is InChI=1S/C16H13NO3S/c1-11-5-6-13-12(9-16(18)20-14(13)8-11)10-21-15-4-2-3-7-17(15)19/h2-9H,10H2,1H3. The van der Waals surface area contributed by atoms with Crippen LogP contribution < -0.4 is 10.4 Å². The van der Waals surface area contributed by atoms with Crippen molar-refractivity contribution < 1.29 is 9.15 Å². The minimum absolute atomic E-state index is 0.369. The highest BCUT2D eigenvalue weighted by Crippen LogP contribution is 2.25. The van der Waals surface area contributed by atoms with Gasteiger partial charge in [-0.25, -0.2) is 4.79 Å². The molecule has 3 aromatic rings. The summed E-state index contributed by atoms with van der Waals surface area (Å²) in [6.07, 6.45) is 1.46. The van der Waals surface area contributed by atoms with E-state index in [-0.39, 0.29) is 5.63 Å². The van der Waals surface area contributed by atoms with Crippen molar-refractivity contribution in [3.8, 4) is 0 Å². The second kappa shape index (κ2) is 5.61.